The Morgan fingerprint density at radius 1 is 1.57 bits per heavy atom. The molecular weight excluding hydrogens is 238 g/mol. The Morgan fingerprint density at radius 2 is 2.36 bits per heavy atom. The molecule has 0 bridgehead atoms. The van der Waals surface area contributed by atoms with Crippen molar-refractivity contribution in [1.82, 2.24) is 15.8 Å². The first-order valence-corrected chi connectivity index (χ1v) is 5.83. The van der Waals surface area contributed by atoms with Gasteiger partial charge in [0.05, 0.1) is 5.56 Å². The Bertz CT molecular complexity index is 330. The Labute approximate surface area is 95.6 Å². The minimum absolute atomic E-state index is 0.289. The number of rotatable bonds is 1. The molecule has 0 unspecified atom stereocenters. The number of carbonyl (C=O) groups is 1. The molecule has 0 aliphatic rings. The second kappa shape index (κ2) is 5.84. The summed E-state index contributed by atoms with van der Waals surface area (Å²) in [6.45, 7) is 0. The van der Waals surface area contributed by atoms with Gasteiger partial charge in [-0.15, -0.1) is 11.7 Å². The molecule has 0 saturated carbocycles. The molecule has 1 rings (SSSR count). The first kappa shape index (κ1) is 11.3. The van der Waals surface area contributed by atoms with Crippen LogP contribution in [0.1, 0.15) is 10.4 Å². The van der Waals surface area contributed by atoms with Crippen LogP contribution >= 0.6 is 34.7 Å². The van der Waals surface area contributed by atoms with Crippen molar-refractivity contribution in [3.05, 3.63) is 30.1 Å². The number of hydrogen-bond acceptors (Lipinski definition) is 5. The van der Waals surface area contributed by atoms with Gasteiger partial charge in [0, 0.05) is 12.4 Å². The summed E-state index contributed by atoms with van der Waals surface area (Å²) in [6.07, 6.45) is 3.06. The first-order valence-electron chi connectivity index (χ1n) is 3.56. The number of hydrogen-bond donors (Lipinski definition) is 3. The smallest absolute Gasteiger partial charge is 0.271 e. The molecule has 74 valence electrons. The zero-order chi connectivity index (χ0) is 10.4. The van der Waals surface area contributed by atoms with Crippen LogP contribution in [0.15, 0.2) is 24.5 Å². The fraction of sp³-hybridized carbons (Fsp3) is 0. The summed E-state index contributed by atoms with van der Waals surface area (Å²) in [6, 6.07) is 3.33. The first-order chi connectivity index (χ1) is 6.74. The topological polar surface area (TPSA) is 54.0 Å². The largest absolute Gasteiger partial charge is 0.282 e. The van der Waals surface area contributed by atoms with Crippen molar-refractivity contribution >= 4 is 44.9 Å². The highest BCUT2D eigenvalue weighted by Crippen LogP contribution is 2.04. The molecule has 0 fully saturated rings. The maximum absolute atomic E-state index is 11.4. The minimum Gasteiger partial charge on any atom is -0.282 e. The SMILES string of the molecule is O=C(NNC(=S)SS)c1cccnc1. The summed E-state index contributed by atoms with van der Waals surface area (Å²) in [5.74, 6) is -0.289. The molecule has 1 aromatic rings. The van der Waals surface area contributed by atoms with Crippen LogP contribution in [0.2, 0.25) is 0 Å². The van der Waals surface area contributed by atoms with Crippen molar-refractivity contribution < 1.29 is 4.79 Å². The van der Waals surface area contributed by atoms with Crippen LogP contribution in [0.25, 0.3) is 0 Å². The highest BCUT2D eigenvalue weighted by molar-refractivity contribution is 8.76. The summed E-state index contributed by atoms with van der Waals surface area (Å²) in [4.78, 5) is 15.2. The van der Waals surface area contributed by atoms with Crippen LogP contribution in [-0.2, 0) is 0 Å². The van der Waals surface area contributed by atoms with Gasteiger partial charge in [0.15, 0.2) is 4.32 Å². The third-order valence-corrected chi connectivity index (χ3v) is 2.82. The average molecular weight is 245 g/mol. The van der Waals surface area contributed by atoms with Gasteiger partial charge < -0.3 is 0 Å². The summed E-state index contributed by atoms with van der Waals surface area (Å²) < 4.78 is 0.380. The second-order valence-corrected chi connectivity index (χ2v) is 4.00. The summed E-state index contributed by atoms with van der Waals surface area (Å²) in [7, 11) is 1.05. The molecule has 7 heteroatoms. The standard InChI is InChI=1S/C7H7N3OS3/c11-6(9-10-7(12)14-13)5-2-1-3-8-4-5/h1-4,13H,(H,9,11)(H,10,12). The Balaban J connectivity index is 2.48. The number of thiocarbonyl (C=S) groups is 1. The van der Waals surface area contributed by atoms with Gasteiger partial charge in [0.1, 0.15) is 0 Å². The summed E-state index contributed by atoms with van der Waals surface area (Å²) in [5, 5.41) is 0. The third-order valence-electron chi connectivity index (χ3n) is 1.28. The van der Waals surface area contributed by atoms with E-state index in [-0.39, 0.29) is 5.91 Å². The number of pyridine rings is 1. The molecule has 0 spiro atoms. The Morgan fingerprint density at radius 3 is 2.93 bits per heavy atom. The van der Waals surface area contributed by atoms with E-state index in [1.54, 1.807) is 18.3 Å². The van der Waals surface area contributed by atoms with Crippen molar-refractivity contribution in [3.63, 3.8) is 0 Å². The van der Waals surface area contributed by atoms with Gasteiger partial charge in [-0.1, -0.05) is 12.2 Å². The van der Waals surface area contributed by atoms with E-state index in [2.05, 4.69) is 27.5 Å². The van der Waals surface area contributed by atoms with Crippen LogP contribution in [0, 0.1) is 0 Å². The van der Waals surface area contributed by atoms with Gasteiger partial charge in [0.2, 0.25) is 0 Å². The predicted octanol–water partition coefficient (Wildman–Crippen LogP) is 1.18. The molecule has 0 aromatic carbocycles. The van der Waals surface area contributed by atoms with E-state index in [0.29, 0.717) is 9.88 Å². The molecule has 1 heterocycles. The molecule has 0 aliphatic carbocycles. The third kappa shape index (κ3) is 3.52. The van der Waals surface area contributed by atoms with E-state index in [4.69, 9.17) is 12.2 Å². The van der Waals surface area contributed by atoms with Crippen molar-refractivity contribution in [2.75, 3.05) is 0 Å². The quantitative estimate of drug-likeness (QED) is 0.300. The fourth-order valence-corrected chi connectivity index (χ4v) is 0.984. The van der Waals surface area contributed by atoms with Crippen LogP contribution in [0.3, 0.4) is 0 Å². The van der Waals surface area contributed by atoms with Gasteiger partial charge in [-0.25, -0.2) is 0 Å². The molecule has 4 nitrogen and oxygen atoms in total. The maximum atomic E-state index is 11.4. The fourth-order valence-electron chi connectivity index (χ4n) is 0.700. The average Bonchev–Trinajstić information content (AvgIpc) is 2.26. The molecular formula is C7H7N3OS3. The number of hydrazine groups is 1. The highest BCUT2D eigenvalue weighted by atomic mass is 33.1. The normalized spacial score (nSPS) is 9.21. The van der Waals surface area contributed by atoms with Crippen molar-refractivity contribution in [1.29, 1.82) is 0 Å². The molecule has 14 heavy (non-hydrogen) atoms. The van der Waals surface area contributed by atoms with Gasteiger partial charge in [-0.05, 0) is 22.9 Å². The van der Waals surface area contributed by atoms with E-state index in [1.165, 1.54) is 6.20 Å². The van der Waals surface area contributed by atoms with E-state index < -0.39 is 0 Å². The predicted molar refractivity (Wildman–Crippen MR) is 64.0 cm³/mol. The van der Waals surface area contributed by atoms with Gasteiger partial charge in [0.25, 0.3) is 5.91 Å². The number of aromatic nitrogens is 1. The molecule has 0 radical (unpaired) electrons. The maximum Gasteiger partial charge on any atom is 0.271 e. The lowest BCUT2D eigenvalue weighted by Gasteiger charge is -2.06. The molecule has 1 amide bonds. The summed E-state index contributed by atoms with van der Waals surface area (Å²) >= 11 is 8.62. The molecule has 2 N–H and O–H groups in total. The minimum atomic E-state index is -0.289. The zero-order valence-electron chi connectivity index (χ0n) is 6.93. The number of amides is 1. The van der Waals surface area contributed by atoms with Crippen molar-refractivity contribution in [2.24, 2.45) is 0 Å². The van der Waals surface area contributed by atoms with Crippen molar-refractivity contribution in [3.8, 4) is 0 Å². The molecule has 1 aromatic heterocycles. The molecule has 0 atom stereocenters. The van der Waals surface area contributed by atoms with E-state index in [0.717, 1.165) is 10.8 Å². The van der Waals surface area contributed by atoms with E-state index >= 15 is 0 Å². The lowest BCUT2D eigenvalue weighted by molar-refractivity contribution is 0.0944. The zero-order valence-corrected chi connectivity index (χ0v) is 9.46. The van der Waals surface area contributed by atoms with Crippen LogP contribution < -0.4 is 10.9 Å². The van der Waals surface area contributed by atoms with E-state index in [1.807, 2.05) is 0 Å². The second-order valence-electron chi connectivity index (χ2n) is 2.20. The number of carbonyl (C=O) groups excluding carboxylic acids is 1. The number of thiol groups is 1. The van der Waals surface area contributed by atoms with Crippen LogP contribution in [-0.4, -0.2) is 15.2 Å². The van der Waals surface area contributed by atoms with Gasteiger partial charge >= 0.3 is 0 Å². The van der Waals surface area contributed by atoms with E-state index in [9.17, 15) is 4.79 Å². The van der Waals surface area contributed by atoms with Crippen LogP contribution in [0.4, 0.5) is 0 Å². The number of nitrogens with one attached hydrogen (secondary N) is 2. The lowest BCUT2D eigenvalue weighted by atomic mass is 10.3. The van der Waals surface area contributed by atoms with Gasteiger partial charge in [-0.2, -0.15) is 0 Å². The lowest BCUT2D eigenvalue weighted by Crippen LogP contribution is -2.39. The summed E-state index contributed by atoms with van der Waals surface area (Å²) in [5.41, 5.74) is 5.40. The Kier molecular flexibility index (Phi) is 4.71. The van der Waals surface area contributed by atoms with Crippen LogP contribution in [0.5, 0.6) is 0 Å². The number of nitrogens with zero attached hydrogens (tertiary/aromatic N) is 1. The molecule has 0 aliphatic heterocycles. The van der Waals surface area contributed by atoms with Crippen molar-refractivity contribution in [2.45, 2.75) is 0 Å². The molecule has 0 saturated heterocycles. The highest BCUT2D eigenvalue weighted by Gasteiger charge is 2.04. The Hall–Kier alpha value is -0.790. The van der Waals surface area contributed by atoms with Gasteiger partial charge in [-0.3, -0.25) is 20.6 Å². The monoisotopic (exact) mass is 245 g/mol.